The van der Waals surface area contributed by atoms with Gasteiger partial charge in [-0.25, -0.2) is 4.98 Å². The van der Waals surface area contributed by atoms with Crippen molar-refractivity contribution in [1.29, 1.82) is 0 Å². The molecule has 3 heterocycles. The molecule has 4 aromatic rings. The van der Waals surface area contributed by atoms with Crippen LogP contribution in [0.4, 0.5) is 5.69 Å². The number of carbonyl (C=O) groups excluding carboxylic acids is 2. The molecule has 0 fully saturated rings. The summed E-state index contributed by atoms with van der Waals surface area (Å²) in [5, 5.41) is 0.503. The summed E-state index contributed by atoms with van der Waals surface area (Å²) in [5.41, 5.74) is 4.01. The number of amides is 1. The third-order valence-corrected chi connectivity index (χ3v) is 7.12. The minimum atomic E-state index is -0.139. The van der Waals surface area contributed by atoms with Crippen LogP contribution >= 0.6 is 11.3 Å². The van der Waals surface area contributed by atoms with Crippen LogP contribution in [0.15, 0.2) is 59.7 Å². The van der Waals surface area contributed by atoms with Gasteiger partial charge in [0.2, 0.25) is 0 Å². The summed E-state index contributed by atoms with van der Waals surface area (Å²) in [6, 6.07) is 15.2. The number of carbonyl (C=O) groups is 2. The first kappa shape index (κ1) is 20.3. The summed E-state index contributed by atoms with van der Waals surface area (Å²) in [4.78, 5) is 45.6. The average molecular weight is 444 g/mol. The minimum Gasteiger partial charge on any atom is -0.307 e. The van der Waals surface area contributed by atoms with Crippen molar-refractivity contribution in [3.8, 4) is 0 Å². The Labute approximate surface area is 188 Å². The molecule has 1 amide bonds. The minimum absolute atomic E-state index is 0.00999. The van der Waals surface area contributed by atoms with E-state index in [1.54, 1.807) is 21.9 Å². The lowest BCUT2D eigenvalue weighted by molar-refractivity contribution is 0.0990. The van der Waals surface area contributed by atoms with Crippen LogP contribution < -0.4 is 10.5 Å². The van der Waals surface area contributed by atoms with Gasteiger partial charge >= 0.3 is 0 Å². The zero-order valence-electron chi connectivity index (χ0n) is 17.8. The number of anilines is 1. The Balaban J connectivity index is 1.51. The van der Waals surface area contributed by atoms with Gasteiger partial charge in [0.05, 0.1) is 23.1 Å². The molecule has 1 aliphatic heterocycles. The van der Waals surface area contributed by atoms with Gasteiger partial charge in [-0.3, -0.25) is 19.0 Å². The van der Waals surface area contributed by atoms with E-state index in [9.17, 15) is 14.4 Å². The highest BCUT2D eigenvalue weighted by Crippen LogP contribution is 2.34. The fraction of sp³-hybridized carbons (Fsp3) is 0.200. The summed E-state index contributed by atoms with van der Waals surface area (Å²) in [6.07, 6.45) is 2.25. The molecule has 7 heteroatoms. The molecule has 32 heavy (non-hydrogen) atoms. The van der Waals surface area contributed by atoms with Crippen LogP contribution in [0.3, 0.4) is 0 Å². The molecule has 0 saturated carbocycles. The Morgan fingerprint density at radius 1 is 1.12 bits per heavy atom. The van der Waals surface area contributed by atoms with E-state index < -0.39 is 0 Å². The van der Waals surface area contributed by atoms with Gasteiger partial charge in [-0.05, 0) is 55.2 Å². The third-order valence-electron chi connectivity index (χ3n) is 5.93. The molecule has 1 aliphatic rings. The highest BCUT2D eigenvalue weighted by Gasteiger charge is 2.29. The van der Waals surface area contributed by atoms with E-state index in [0.29, 0.717) is 45.7 Å². The Kier molecular flexibility index (Phi) is 4.98. The van der Waals surface area contributed by atoms with Gasteiger partial charge in [-0.2, -0.15) is 0 Å². The summed E-state index contributed by atoms with van der Waals surface area (Å²) in [5.74, 6) is -0.121. The number of hydrogen-bond acceptors (Lipinski definition) is 5. The van der Waals surface area contributed by atoms with Gasteiger partial charge in [0, 0.05) is 17.8 Å². The average Bonchev–Trinajstić information content (AvgIpc) is 3.37. The van der Waals surface area contributed by atoms with Crippen molar-refractivity contribution < 1.29 is 9.59 Å². The number of nitrogens with zero attached hydrogens (tertiary/aromatic N) is 3. The molecule has 0 unspecified atom stereocenters. The molecule has 2 aromatic heterocycles. The number of benzene rings is 2. The van der Waals surface area contributed by atoms with E-state index in [2.05, 4.69) is 4.98 Å². The van der Waals surface area contributed by atoms with Crippen molar-refractivity contribution in [2.24, 2.45) is 0 Å². The molecule has 2 aromatic carbocycles. The van der Waals surface area contributed by atoms with Crippen LogP contribution in [0, 0.1) is 6.92 Å². The second-order valence-corrected chi connectivity index (χ2v) is 9.01. The molecule has 6 nitrogen and oxygen atoms in total. The fourth-order valence-electron chi connectivity index (χ4n) is 4.21. The molecular formula is C25H21N3O3S. The summed E-state index contributed by atoms with van der Waals surface area (Å²) < 4.78 is 1.58. The first-order valence-electron chi connectivity index (χ1n) is 10.4. The van der Waals surface area contributed by atoms with E-state index in [-0.39, 0.29) is 17.2 Å². The second-order valence-electron chi connectivity index (χ2n) is 8.01. The lowest BCUT2D eigenvalue weighted by Gasteiger charge is -2.17. The van der Waals surface area contributed by atoms with Crippen molar-refractivity contribution in [1.82, 2.24) is 9.55 Å². The smallest absolute Gasteiger partial charge is 0.268 e. The van der Waals surface area contributed by atoms with Crippen LogP contribution in [0.2, 0.25) is 0 Å². The van der Waals surface area contributed by atoms with Gasteiger partial charge in [0.15, 0.2) is 5.78 Å². The highest BCUT2D eigenvalue weighted by molar-refractivity contribution is 7.20. The first-order chi connectivity index (χ1) is 15.4. The summed E-state index contributed by atoms with van der Waals surface area (Å²) in [6.45, 7) is 4.34. The lowest BCUT2D eigenvalue weighted by atomic mass is 10.1. The predicted octanol–water partition coefficient (Wildman–Crippen LogP) is 4.22. The van der Waals surface area contributed by atoms with Crippen LogP contribution in [-0.2, 0) is 13.0 Å². The van der Waals surface area contributed by atoms with Crippen LogP contribution in [-0.4, -0.2) is 27.8 Å². The normalized spacial score (nSPS) is 12.9. The van der Waals surface area contributed by atoms with E-state index in [1.165, 1.54) is 18.3 Å². The number of fused-ring (bicyclic) bond motifs is 2. The highest BCUT2D eigenvalue weighted by atomic mass is 32.1. The van der Waals surface area contributed by atoms with Crippen LogP contribution in [0.1, 0.15) is 43.6 Å². The van der Waals surface area contributed by atoms with E-state index in [1.807, 2.05) is 49.4 Å². The monoisotopic (exact) mass is 443 g/mol. The first-order valence-corrected chi connectivity index (χ1v) is 11.2. The second kappa shape index (κ2) is 7.84. The number of rotatable bonds is 4. The van der Waals surface area contributed by atoms with Gasteiger partial charge < -0.3 is 4.90 Å². The Morgan fingerprint density at radius 3 is 2.66 bits per heavy atom. The van der Waals surface area contributed by atoms with E-state index >= 15 is 0 Å². The molecule has 0 radical (unpaired) electrons. The zero-order chi connectivity index (χ0) is 22.4. The quantitative estimate of drug-likeness (QED) is 0.443. The molecule has 5 rings (SSSR count). The maximum absolute atomic E-state index is 13.4. The standard InChI is InChI=1S/C25H21N3O3S/c1-15-21-23(26-14-27(24(21)30)13-17-6-4-3-5-7-17)32-22(15)25(31)28-11-10-19-12-18(16(2)29)8-9-20(19)28/h3-9,12,14H,10-11,13H2,1-2H3. The summed E-state index contributed by atoms with van der Waals surface area (Å²) in [7, 11) is 0. The number of hydrogen-bond donors (Lipinski definition) is 0. The maximum atomic E-state index is 13.4. The topological polar surface area (TPSA) is 72.3 Å². The van der Waals surface area contributed by atoms with Crippen molar-refractivity contribution in [3.63, 3.8) is 0 Å². The lowest BCUT2D eigenvalue weighted by Crippen LogP contribution is -2.28. The third kappa shape index (κ3) is 3.35. The Hall–Kier alpha value is -3.58. The SMILES string of the molecule is CC(=O)c1ccc2c(c1)CCN2C(=O)c1sc2ncn(Cc3ccccc3)c(=O)c2c1C. The molecular weight excluding hydrogens is 422 g/mol. The molecule has 0 saturated heterocycles. The van der Waals surface area contributed by atoms with E-state index in [0.717, 1.165) is 16.8 Å². The van der Waals surface area contributed by atoms with Gasteiger partial charge in [-0.1, -0.05) is 30.3 Å². The Bertz CT molecular complexity index is 1440. The van der Waals surface area contributed by atoms with Crippen molar-refractivity contribution in [2.75, 3.05) is 11.4 Å². The van der Waals surface area contributed by atoms with Gasteiger partial charge in [-0.15, -0.1) is 11.3 Å². The Morgan fingerprint density at radius 2 is 1.91 bits per heavy atom. The molecule has 0 atom stereocenters. The molecule has 0 bridgehead atoms. The van der Waals surface area contributed by atoms with Crippen LogP contribution in [0.25, 0.3) is 10.2 Å². The molecule has 0 spiro atoms. The number of Topliss-reactive ketones (excluding diaryl/α,β-unsaturated/α-hetero) is 1. The van der Waals surface area contributed by atoms with Crippen molar-refractivity contribution in [3.05, 3.63) is 92.3 Å². The van der Waals surface area contributed by atoms with Gasteiger partial charge in [0.1, 0.15) is 4.83 Å². The van der Waals surface area contributed by atoms with Crippen molar-refractivity contribution in [2.45, 2.75) is 26.8 Å². The predicted molar refractivity (Wildman–Crippen MR) is 126 cm³/mol. The van der Waals surface area contributed by atoms with Crippen LogP contribution in [0.5, 0.6) is 0 Å². The number of thiophene rings is 1. The zero-order valence-corrected chi connectivity index (χ0v) is 18.6. The maximum Gasteiger partial charge on any atom is 0.268 e. The van der Waals surface area contributed by atoms with E-state index in [4.69, 9.17) is 0 Å². The molecule has 160 valence electrons. The molecule has 0 aliphatic carbocycles. The number of aryl methyl sites for hydroxylation is 1. The number of ketones is 1. The van der Waals surface area contributed by atoms with Gasteiger partial charge in [0.25, 0.3) is 11.5 Å². The van der Waals surface area contributed by atoms with Crippen molar-refractivity contribution >= 4 is 38.9 Å². The number of aromatic nitrogens is 2. The summed E-state index contributed by atoms with van der Waals surface area (Å²) >= 11 is 1.26. The fourth-order valence-corrected chi connectivity index (χ4v) is 5.30. The molecule has 0 N–H and O–H groups in total. The largest absolute Gasteiger partial charge is 0.307 e.